The highest BCUT2D eigenvalue weighted by Crippen LogP contribution is 2.44. The Morgan fingerprint density at radius 2 is 1.69 bits per heavy atom. The predicted molar refractivity (Wildman–Crippen MR) is 139 cm³/mol. The van der Waals surface area contributed by atoms with Crippen molar-refractivity contribution in [2.24, 2.45) is 0 Å². The number of carbonyl (C=O) groups is 2. The molecule has 1 aromatic rings. The second-order valence-electron chi connectivity index (χ2n) is 9.64. The van der Waals surface area contributed by atoms with Gasteiger partial charge in [-0.15, -0.1) is 6.58 Å². The summed E-state index contributed by atoms with van der Waals surface area (Å²) in [6, 6.07) is -1.03. The van der Waals surface area contributed by atoms with Crippen LogP contribution in [0.1, 0.15) is 47.8 Å². The maximum absolute atomic E-state index is 13.9. The molecule has 1 aliphatic heterocycles. The number of aromatic nitrogens is 2. The number of nitrogens with zero attached hydrogens (tertiary/aromatic N) is 2. The largest absolute Gasteiger partial charge is 0.462 e. The average molecular weight is 576 g/mol. The molecule has 15 nitrogen and oxygen atoms in total. The molecule has 2 rings (SSSR count). The molecule has 2 heterocycles. The summed E-state index contributed by atoms with van der Waals surface area (Å²) < 4.78 is 36.5. The number of aliphatic hydroxyl groups excluding tert-OH is 2. The van der Waals surface area contributed by atoms with Crippen molar-refractivity contribution >= 4 is 25.4 Å². The first-order valence-electron chi connectivity index (χ1n) is 12.3. The van der Waals surface area contributed by atoms with E-state index < -0.39 is 80.2 Å². The van der Waals surface area contributed by atoms with E-state index in [0.717, 1.165) is 10.6 Å². The van der Waals surface area contributed by atoms with Crippen molar-refractivity contribution < 1.29 is 43.1 Å². The minimum atomic E-state index is -4.31. The number of anilines is 1. The molecular formula is C23H38N5O10P. The normalized spacial score (nSPS) is 24.9. The summed E-state index contributed by atoms with van der Waals surface area (Å²) in [7, 11) is -4.31. The number of nitrogens with two attached hydrogens (primary N) is 1. The van der Waals surface area contributed by atoms with Gasteiger partial charge < -0.3 is 34.7 Å². The van der Waals surface area contributed by atoms with Crippen molar-refractivity contribution in [2.75, 3.05) is 12.3 Å². The van der Waals surface area contributed by atoms with Gasteiger partial charge in [-0.05, 0) is 47.6 Å². The summed E-state index contributed by atoms with van der Waals surface area (Å²) >= 11 is 0. The summed E-state index contributed by atoms with van der Waals surface area (Å²) in [5, 5.41) is 26.6. The topological polar surface area (TPSA) is 214 Å². The monoisotopic (exact) mass is 575 g/mol. The quantitative estimate of drug-likeness (QED) is 0.119. The molecule has 1 saturated heterocycles. The van der Waals surface area contributed by atoms with Crippen LogP contribution in [-0.2, 0) is 32.9 Å². The number of ether oxygens (including phenoxy) is 3. The maximum atomic E-state index is 13.9. The molecule has 0 aromatic carbocycles. The number of hydrogen-bond acceptors (Lipinski definition) is 12. The summed E-state index contributed by atoms with van der Waals surface area (Å²) in [5.41, 5.74) is 2.78. The van der Waals surface area contributed by atoms with Crippen LogP contribution in [0, 0.1) is 0 Å². The fraction of sp³-hybridized carbons (Fsp3) is 0.652. The molecule has 220 valence electrons. The molecule has 0 radical (unpaired) electrons. The van der Waals surface area contributed by atoms with Gasteiger partial charge in [-0.25, -0.2) is 15.0 Å². The van der Waals surface area contributed by atoms with Crippen LogP contribution in [0.5, 0.6) is 0 Å². The van der Waals surface area contributed by atoms with Crippen LogP contribution >= 0.6 is 7.67 Å². The Labute approximate surface area is 226 Å². The summed E-state index contributed by atoms with van der Waals surface area (Å²) in [6.45, 7) is 12.2. The highest BCUT2D eigenvalue weighted by molar-refractivity contribution is 7.54. The van der Waals surface area contributed by atoms with Crippen molar-refractivity contribution in [3.63, 3.8) is 0 Å². The first-order valence-corrected chi connectivity index (χ1v) is 13.9. The van der Waals surface area contributed by atoms with Gasteiger partial charge in [0, 0.05) is 6.20 Å². The smallest absolute Gasteiger partial charge is 0.351 e. The zero-order chi connectivity index (χ0) is 29.7. The van der Waals surface area contributed by atoms with Gasteiger partial charge in [0.25, 0.3) is 0 Å². The fourth-order valence-corrected chi connectivity index (χ4v) is 5.42. The van der Waals surface area contributed by atoms with Crippen LogP contribution in [0.2, 0.25) is 0 Å². The molecule has 6 N–H and O–H groups in total. The van der Waals surface area contributed by atoms with Crippen LogP contribution in [0.4, 0.5) is 5.82 Å². The van der Waals surface area contributed by atoms with Gasteiger partial charge in [0.2, 0.25) is 0 Å². The Bertz CT molecular complexity index is 1110. The number of aliphatic hydroxyl groups is 2. The summed E-state index contributed by atoms with van der Waals surface area (Å²) in [4.78, 5) is 40.7. The standard InChI is InChI=1S/C23H38N5O10P/c1-8-23(18(30)17(29)19(38-23)28-10-9-16(24)25-22(28)33)11-35-39(34,26-14(6)20(31)36-12(2)3)27-15(7)21(32)37-13(4)5/h8-10,12-15,17-19,29-30H,1,11H2,2-7H3,(H2,24,25,33)(H2,26,27,34)/t14-,15-,17+,18-,19+,23+/m0/s1. The van der Waals surface area contributed by atoms with Gasteiger partial charge in [-0.3, -0.25) is 18.7 Å². The molecule has 0 unspecified atom stereocenters. The first kappa shape index (κ1) is 32.6. The molecular weight excluding hydrogens is 537 g/mol. The molecule has 1 aromatic heterocycles. The van der Waals surface area contributed by atoms with Gasteiger partial charge in [-0.2, -0.15) is 4.98 Å². The van der Waals surface area contributed by atoms with Gasteiger partial charge in [0.1, 0.15) is 35.7 Å². The minimum Gasteiger partial charge on any atom is -0.462 e. The number of nitrogens with one attached hydrogen (secondary N) is 2. The van der Waals surface area contributed by atoms with E-state index in [2.05, 4.69) is 21.7 Å². The van der Waals surface area contributed by atoms with E-state index >= 15 is 0 Å². The zero-order valence-electron chi connectivity index (χ0n) is 22.8. The van der Waals surface area contributed by atoms with Gasteiger partial charge in [-0.1, -0.05) is 6.08 Å². The molecule has 0 spiro atoms. The number of esters is 2. The Morgan fingerprint density at radius 3 is 2.13 bits per heavy atom. The Morgan fingerprint density at radius 1 is 1.18 bits per heavy atom. The van der Waals surface area contributed by atoms with Crippen LogP contribution < -0.4 is 21.6 Å². The van der Waals surface area contributed by atoms with Crippen molar-refractivity contribution in [3.05, 3.63) is 35.4 Å². The van der Waals surface area contributed by atoms with E-state index in [1.165, 1.54) is 26.1 Å². The highest BCUT2D eigenvalue weighted by Gasteiger charge is 2.54. The third kappa shape index (κ3) is 8.18. The first-order chi connectivity index (χ1) is 18.0. The predicted octanol–water partition coefficient (Wildman–Crippen LogP) is -0.0150. The average Bonchev–Trinajstić information content (AvgIpc) is 3.07. The number of hydrogen-bond donors (Lipinski definition) is 5. The van der Waals surface area contributed by atoms with Crippen molar-refractivity contribution in [1.82, 2.24) is 19.7 Å². The number of rotatable bonds is 13. The van der Waals surface area contributed by atoms with E-state index in [4.69, 9.17) is 24.5 Å². The minimum absolute atomic E-state index is 0.0593. The van der Waals surface area contributed by atoms with Crippen molar-refractivity contribution in [1.29, 1.82) is 0 Å². The SMILES string of the molecule is C=C[C@]1(COP(=O)(N[C@@H](C)C(=O)OC(C)C)N[C@@H](C)C(=O)OC(C)C)O[C@@H](n2ccc(N)nc2=O)[C@H](O)[C@@H]1O. The Balaban J connectivity index is 2.33. The molecule has 0 amide bonds. The molecule has 0 saturated carbocycles. The molecule has 0 aliphatic carbocycles. The Hall–Kier alpha value is -2.65. The van der Waals surface area contributed by atoms with Crippen LogP contribution in [-0.4, -0.2) is 80.4 Å². The third-order valence-corrected chi connectivity index (χ3v) is 7.48. The number of carbonyl (C=O) groups excluding carboxylic acids is 2. The second-order valence-corrected chi connectivity index (χ2v) is 11.5. The molecule has 1 fully saturated rings. The van der Waals surface area contributed by atoms with Gasteiger partial charge >= 0.3 is 25.3 Å². The molecule has 0 bridgehead atoms. The van der Waals surface area contributed by atoms with E-state index in [-0.39, 0.29) is 5.82 Å². The number of nitrogen functional groups attached to an aromatic ring is 1. The van der Waals surface area contributed by atoms with Crippen LogP contribution in [0.15, 0.2) is 29.7 Å². The van der Waals surface area contributed by atoms with E-state index in [1.54, 1.807) is 27.7 Å². The summed E-state index contributed by atoms with van der Waals surface area (Å²) in [6.07, 6.45) is -3.35. The van der Waals surface area contributed by atoms with Crippen molar-refractivity contribution in [2.45, 2.75) is 89.9 Å². The van der Waals surface area contributed by atoms with E-state index in [1.807, 2.05) is 0 Å². The van der Waals surface area contributed by atoms with Gasteiger partial charge in [0.05, 0.1) is 18.8 Å². The zero-order valence-corrected chi connectivity index (χ0v) is 23.7. The molecule has 1 aliphatic rings. The third-order valence-electron chi connectivity index (χ3n) is 5.54. The highest BCUT2D eigenvalue weighted by atomic mass is 31.2. The summed E-state index contributed by atoms with van der Waals surface area (Å²) in [5.74, 6) is -1.54. The van der Waals surface area contributed by atoms with Crippen molar-refractivity contribution in [3.8, 4) is 0 Å². The molecule has 39 heavy (non-hydrogen) atoms. The second kappa shape index (κ2) is 13.1. The van der Waals surface area contributed by atoms with E-state index in [0.29, 0.717) is 0 Å². The van der Waals surface area contributed by atoms with Gasteiger partial charge in [0.15, 0.2) is 6.23 Å². The van der Waals surface area contributed by atoms with E-state index in [9.17, 15) is 29.2 Å². The van der Waals surface area contributed by atoms with Crippen LogP contribution in [0.3, 0.4) is 0 Å². The fourth-order valence-electron chi connectivity index (χ4n) is 3.58. The Kier molecular flexibility index (Phi) is 11.0. The molecule has 16 heteroatoms. The lowest BCUT2D eigenvalue weighted by Gasteiger charge is -2.32. The lowest BCUT2D eigenvalue weighted by Crippen LogP contribution is -2.47. The lowest BCUT2D eigenvalue weighted by molar-refractivity contribution is -0.149. The van der Waals surface area contributed by atoms with Crippen LogP contribution in [0.25, 0.3) is 0 Å². The lowest BCUT2D eigenvalue weighted by atomic mass is 9.96. The maximum Gasteiger partial charge on any atom is 0.351 e. The molecule has 6 atom stereocenters.